The van der Waals surface area contributed by atoms with Crippen molar-refractivity contribution < 1.29 is 9.53 Å². The summed E-state index contributed by atoms with van der Waals surface area (Å²) in [6, 6.07) is 0.302. The van der Waals surface area contributed by atoms with Gasteiger partial charge in [-0.05, 0) is 46.6 Å². The zero-order valence-electron chi connectivity index (χ0n) is 13.0. The van der Waals surface area contributed by atoms with Crippen LogP contribution in [0, 0.1) is 0 Å². The van der Waals surface area contributed by atoms with Crippen LogP contribution < -0.4 is 5.32 Å². The first-order valence-electron chi connectivity index (χ1n) is 7.64. The van der Waals surface area contributed by atoms with Crippen molar-refractivity contribution >= 4 is 6.09 Å². The standard InChI is InChI=1S/C15H30N2O2/c1-5-6-7-10-16-12-13-9-8-11-17(13)14(18)19-15(2,3)4/h13,16H,5-12H2,1-4H3. The predicted molar refractivity (Wildman–Crippen MR) is 78.4 cm³/mol. The molecule has 0 radical (unpaired) electrons. The molecule has 0 bridgehead atoms. The molecule has 19 heavy (non-hydrogen) atoms. The second-order valence-electron chi connectivity index (χ2n) is 6.38. The highest BCUT2D eigenvalue weighted by molar-refractivity contribution is 5.69. The van der Waals surface area contributed by atoms with E-state index in [1.54, 1.807) is 0 Å². The molecular weight excluding hydrogens is 240 g/mol. The molecule has 1 rings (SSSR count). The molecule has 1 heterocycles. The number of nitrogens with one attached hydrogen (secondary N) is 1. The molecule has 4 heteroatoms. The fourth-order valence-electron chi connectivity index (χ4n) is 2.38. The molecule has 1 N–H and O–H groups in total. The van der Waals surface area contributed by atoms with E-state index in [0.717, 1.165) is 32.5 Å². The van der Waals surface area contributed by atoms with Gasteiger partial charge in [0.25, 0.3) is 0 Å². The second kappa shape index (κ2) is 7.73. The monoisotopic (exact) mass is 270 g/mol. The average Bonchev–Trinajstić information content (AvgIpc) is 2.75. The number of hydrogen-bond acceptors (Lipinski definition) is 3. The lowest BCUT2D eigenvalue weighted by molar-refractivity contribution is 0.0226. The van der Waals surface area contributed by atoms with Gasteiger partial charge in [0.05, 0.1) is 0 Å². The summed E-state index contributed by atoms with van der Waals surface area (Å²) in [5, 5.41) is 3.46. The van der Waals surface area contributed by atoms with Crippen molar-refractivity contribution in [3.63, 3.8) is 0 Å². The molecule has 1 unspecified atom stereocenters. The molecule has 0 saturated carbocycles. The van der Waals surface area contributed by atoms with Crippen molar-refractivity contribution in [2.24, 2.45) is 0 Å². The summed E-state index contributed by atoms with van der Waals surface area (Å²) < 4.78 is 5.46. The van der Waals surface area contributed by atoms with Gasteiger partial charge in [-0.25, -0.2) is 4.79 Å². The quantitative estimate of drug-likeness (QED) is 0.754. The highest BCUT2D eigenvalue weighted by Crippen LogP contribution is 2.20. The molecule has 4 nitrogen and oxygen atoms in total. The summed E-state index contributed by atoms with van der Waals surface area (Å²) in [6.07, 6.45) is 5.74. The zero-order chi connectivity index (χ0) is 14.3. The van der Waals surface area contributed by atoms with Crippen LogP contribution in [-0.4, -0.2) is 42.3 Å². The van der Waals surface area contributed by atoms with Gasteiger partial charge in [-0.2, -0.15) is 0 Å². The first-order valence-corrected chi connectivity index (χ1v) is 7.64. The lowest BCUT2D eigenvalue weighted by Crippen LogP contribution is -2.44. The van der Waals surface area contributed by atoms with E-state index in [9.17, 15) is 4.79 Å². The summed E-state index contributed by atoms with van der Waals surface area (Å²) in [5.41, 5.74) is -0.404. The van der Waals surface area contributed by atoms with Gasteiger partial charge in [-0.15, -0.1) is 0 Å². The largest absolute Gasteiger partial charge is 0.444 e. The zero-order valence-corrected chi connectivity index (χ0v) is 13.0. The lowest BCUT2D eigenvalue weighted by atomic mass is 10.2. The number of hydrogen-bond donors (Lipinski definition) is 1. The van der Waals surface area contributed by atoms with Crippen LogP contribution in [-0.2, 0) is 4.74 Å². The number of ether oxygens (including phenoxy) is 1. The molecule has 1 fully saturated rings. The molecule has 0 aliphatic carbocycles. The third-order valence-electron chi connectivity index (χ3n) is 3.34. The van der Waals surface area contributed by atoms with E-state index in [1.807, 2.05) is 25.7 Å². The minimum absolute atomic E-state index is 0.162. The Morgan fingerprint density at radius 2 is 2.11 bits per heavy atom. The van der Waals surface area contributed by atoms with Gasteiger partial charge in [0.1, 0.15) is 5.60 Å². The summed E-state index contributed by atoms with van der Waals surface area (Å²) in [6.45, 7) is 10.7. The maximum Gasteiger partial charge on any atom is 0.410 e. The second-order valence-corrected chi connectivity index (χ2v) is 6.38. The van der Waals surface area contributed by atoms with Crippen LogP contribution in [0.3, 0.4) is 0 Å². The van der Waals surface area contributed by atoms with E-state index in [2.05, 4.69) is 12.2 Å². The van der Waals surface area contributed by atoms with Crippen LogP contribution in [0.5, 0.6) is 0 Å². The SMILES string of the molecule is CCCCCNCC1CCCN1C(=O)OC(C)(C)C. The van der Waals surface area contributed by atoms with Gasteiger partial charge in [-0.1, -0.05) is 19.8 Å². The molecule has 1 saturated heterocycles. The number of carbonyl (C=O) groups excluding carboxylic acids is 1. The van der Waals surface area contributed by atoms with E-state index >= 15 is 0 Å². The van der Waals surface area contributed by atoms with Crippen molar-refractivity contribution in [1.29, 1.82) is 0 Å². The Morgan fingerprint density at radius 3 is 2.74 bits per heavy atom. The van der Waals surface area contributed by atoms with Crippen LogP contribution in [0.15, 0.2) is 0 Å². The number of amides is 1. The van der Waals surface area contributed by atoms with Gasteiger partial charge >= 0.3 is 6.09 Å². The molecule has 0 spiro atoms. The Kier molecular flexibility index (Phi) is 6.63. The maximum absolute atomic E-state index is 12.1. The van der Waals surface area contributed by atoms with Crippen LogP contribution in [0.2, 0.25) is 0 Å². The van der Waals surface area contributed by atoms with Gasteiger partial charge in [0.2, 0.25) is 0 Å². The van der Waals surface area contributed by atoms with Gasteiger partial charge in [0, 0.05) is 19.1 Å². The van der Waals surface area contributed by atoms with E-state index in [-0.39, 0.29) is 6.09 Å². The van der Waals surface area contributed by atoms with Gasteiger partial charge in [0.15, 0.2) is 0 Å². The van der Waals surface area contributed by atoms with Gasteiger partial charge in [-0.3, -0.25) is 0 Å². The highest BCUT2D eigenvalue weighted by atomic mass is 16.6. The number of rotatable bonds is 6. The maximum atomic E-state index is 12.1. The van der Waals surface area contributed by atoms with Crippen molar-refractivity contribution in [2.45, 2.75) is 71.4 Å². The Bertz CT molecular complexity index is 274. The topological polar surface area (TPSA) is 41.6 Å². The molecule has 1 aliphatic heterocycles. The smallest absolute Gasteiger partial charge is 0.410 e. The van der Waals surface area contributed by atoms with Crippen molar-refractivity contribution in [1.82, 2.24) is 10.2 Å². The highest BCUT2D eigenvalue weighted by Gasteiger charge is 2.31. The van der Waals surface area contributed by atoms with E-state index < -0.39 is 5.60 Å². The summed E-state index contributed by atoms with van der Waals surface area (Å²) >= 11 is 0. The first-order chi connectivity index (χ1) is 8.94. The summed E-state index contributed by atoms with van der Waals surface area (Å²) in [4.78, 5) is 14.0. The average molecular weight is 270 g/mol. The van der Waals surface area contributed by atoms with E-state index in [0.29, 0.717) is 6.04 Å². The van der Waals surface area contributed by atoms with Crippen LogP contribution in [0.25, 0.3) is 0 Å². The fraction of sp³-hybridized carbons (Fsp3) is 0.933. The molecule has 1 atom stereocenters. The summed E-state index contributed by atoms with van der Waals surface area (Å²) in [5.74, 6) is 0. The lowest BCUT2D eigenvalue weighted by Gasteiger charge is -2.28. The van der Waals surface area contributed by atoms with Crippen molar-refractivity contribution in [2.75, 3.05) is 19.6 Å². The number of unbranched alkanes of at least 4 members (excludes halogenated alkanes) is 2. The Balaban J connectivity index is 2.31. The number of likely N-dealkylation sites (tertiary alicyclic amines) is 1. The van der Waals surface area contributed by atoms with Gasteiger partial charge < -0.3 is 15.0 Å². The minimum atomic E-state index is -0.404. The molecule has 112 valence electrons. The molecule has 0 aromatic carbocycles. The number of carbonyl (C=O) groups is 1. The Hall–Kier alpha value is -0.770. The molecular formula is C15H30N2O2. The fourth-order valence-corrected chi connectivity index (χ4v) is 2.38. The molecule has 0 aromatic heterocycles. The Labute approximate surface area is 117 Å². The van der Waals surface area contributed by atoms with Crippen molar-refractivity contribution in [3.8, 4) is 0 Å². The Morgan fingerprint density at radius 1 is 1.37 bits per heavy atom. The summed E-state index contributed by atoms with van der Waals surface area (Å²) in [7, 11) is 0. The molecule has 1 aliphatic rings. The van der Waals surface area contributed by atoms with Crippen LogP contribution in [0.1, 0.15) is 59.8 Å². The van der Waals surface area contributed by atoms with Crippen molar-refractivity contribution in [3.05, 3.63) is 0 Å². The normalized spacial score (nSPS) is 19.8. The molecule has 1 amide bonds. The van der Waals surface area contributed by atoms with Crippen LogP contribution in [0.4, 0.5) is 4.79 Å². The van der Waals surface area contributed by atoms with Crippen LogP contribution >= 0.6 is 0 Å². The predicted octanol–water partition coefficient (Wildman–Crippen LogP) is 3.17. The van der Waals surface area contributed by atoms with E-state index in [1.165, 1.54) is 19.3 Å². The minimum Gasteiger partial charge on any atom is -0.444 e. The first kappa shape index (κ1) is 16.3. The van der Waals surface area contributed by atoms with E-state index in [4.69, 9.17) is 4.74 Å². The third kappa shape index (κ3) is 6.28. The number of nitrogens with zero attached hydrogens (tertiary/aromatic N) is 1. The molecule has 0 aromatic rings. The third-order valence-corrected chi connectivity index (χ3v) is 3.34.